The van der Waals surface area contributed by atoms with Crippen LogP contribution in [0.15, 0.2) is 40.7 Å². The Balaban J connectivity index is 2.37. The third kappa shape index (κ3) is 2.98. The lowest BCUT2D eigenvalue weighted by Gasteiger charge is -2.24. The van der Waals surface area contributed by atoms with Gasteiger partial charge in [0, 0.05) is 11.6 Å². The molecule has 0 aliphatic rings. The molecule has 0 saturated carbocycles. The summed E-state index contributed by atoms with van der Waals surface area (Å²) in [4.78, 5) is 4.26. The number of hydrogen-bond donors (Lipinski definition) is 3. The Labute approximate surface area is 122 Å². The van der Waals surface area contributed by atoms with Crippen molar-refractivity contribution >= 4 is 27.0 Å². The average molecular weight is 312 g/mol. The van der Waals surface area contributed by atoms with Crippen LogP contribution >= 0.6 is 11.3 Å². The fraction of sp³-hybridized carbons (Fsp3) is 0.250. The van der Waals surface area contributed by atoms with Crippen molar-refractivity contribution in [3.8, 4) is 0 Å². The number of aromatic nitrogens is 1. The van der Waals surface area contributed by atoms with E-state index >= 15 is 0 Å². The van der Waals surface area contributed by atoms with Crippen molar-refractivity contribution in [3.05, 3.63) is 40.8 Å². The van der Waals surface area contributed by atoms with Crippen molar-refractivity contribution in [2.24, 2.45) is 5.84 Å². The van der Waals surface area contributed by atoms with Gasteiger partial charge in [-0.15, -0.1) is 11.3 Å². The summed E-state index contributed by atoms with van der Waals surface area (Å²) in [6.07, 6.45) is 1.64. The van der Waals surface area contributed by atoms with E-state index in [1.807, 2.05) is 0 Å². The maximum absolute atomic E-state index is 12.5. The van der Waals surface area contributed by atoms with Gasteiger partial charge in [0.2, 0.25) is 10.0 Å². The Morgan fingerprint density at radius 1 is 1.30 bits per heavy atom. The van der Waals surface area contributed by atoms with Gasteiger partial charge in [-0.05, 0) is 26.0 Å². The molecule has 8 heteroatoms. The van der Waals surface area contributed by atoms with Crippen LogP contribution in [0.1, 0.15) is 18.9 Å². The number of nitrogens with two attached hydrogens (primary N) is 1. The summed E-state index contributed by atoms with van der Waals surface area (Å²) >= 11 is 1.40. The Morgan fingerprint density at radius 3 is 2.60 bits per heavy atom. The summed E-state index contributed by atoms with van der Waals surface area (Å²) in [5.41, 5.74) is 1.94. The molecule has 0 atom stereocenters. The summed E-state index contributed by atoms with van der Waals surface area (Å²) < 4.78 is 27.6. The normalized spacial score (nSPS) is 12.3. The van der Waals surface area contributed by atoms with E-state index in [0.717, 1.165) is 0 Å². The van der Waals surface area contributed by atoms with Crippen LogP contribution in [0.4, 0.5) is 5.69 Å². The summed E-state index contributed by atoms with van der Waals surface area (Å²) in [6, 6.07) is 6.45. The van der Waals surface area contributed by atoms with Crippen molar-refractivity contribution in [2.75, 3.05) is 5.43 Å². The summed E-state index contributed by atoms with van der Waals surface area (Å²) in [5, 5.41) is 2.50. The van der Waals surface area contributed by atoms with Crippen LogP contribution in [0.5, 0.6) is 0 Å². The second-order valence-corrected chi connectivity index (χ2v) is 7.25. The number of nitrogen functional groups attached to an aromatic ring is 1. The summed E-state index contributed by atoms with van der Waals surface area (Å²) in [7, 11) is -3.71. The molecule has 0 amide bonds. The van der Waals surface area contributed by atoms with Crippen LogP contribution in [0, 0.1) is 0 Å². The molecule has 1 aromatic heterocycles. The van der Waals surface area contributed by atoms with Crippen molar-refractivity contribution < 1.29 is 8.42 Å². The molecule has 1 heterocycles. The van der Waals surface area contributed by atoms with Gasteiger partial charge in [-0.25, -0.2) is 13.4 Å². The first-order valence-electron chi connectivity index (χ1n) is 5.86. The van der Waals surface area contributed by atoms with E-state index in [0.29, 0.717) is 10.7 Å². The minimum Gasteiger partial charge on any atom is -0.323 e. The Morgan fingerprint density at radius 2 is 2.00 bits per heavy atom. The monoisotopic (exact) mass is 312 g/mol. The van der Waals surface area contributed by atoms with E-state index in [1.54, 1.807) is 43.6 Å². The molecule has 4 N–H and O–H groups in total. The van der Waals surface area contributed by atoms with Gasteiger partial charge < -0.3 is 5.43 Å². The molecule has 0 aliphatic heterocycles. The molecule has 0 aliphatic carbocycles. The van der Waals surface area contributed by atoms with E-state index in [2.05, 4.69) is 15.1 Å². The van der Waals surface area contributed by atoms with Gasteiger partial charge in [0.1, 0.15) is 9.90 Å². The van der Waals surface area contributed by atoms with Gasteiger partial charge in [-0.2, -0.15) is 4.72 Å². The number of sulfonamides is 1. The number of hydrazine groups is 1. The van der Waals surface area contributed by atoms with Crippen molar-refractivity contribution in [3.63, 3.8) is 0 Å². The molecule has 0 spiro atoms. The first kappa shape index (κ1) is 14.9. The Bertz CT molecular complexity index is 681. The smallest absolute Gasteiger partial charge is 0.243 e. The SMILES string of the molecule is CC(C)(NS(=O)(=O)c1ccccc1NN)c1nccs1. The number of hydrogen-bond acceptors (Lipinski definition) is 6. The molecular formula is C12H16N4O2S2. The van der Waals surface area contributed by atoms with Crippen LogP contribution < -0.4 is 16.0 Å². The molecule has 20 heavy (non-hydrogen) atoms. The summed E-state index contributed by atoms with van der Waals surface area (Å²) in [6.45, 7) is 3.53. The standard InChI is InChI=1S/C12H16N4O2S2/c1-12(2,11-14-7-8-19-11)16-20(17,18)10-6-4-3-5-9(10)15-13/h3-8,15-16H,13H2,1-2H3. The number of anilines is 1. The highest BCUT2D eigenvalue weighted by atomic mass is 32.2. The number of nitrogens with zero attached hydrogens (tertiary/aromatic N) is 1. The highest BCUT2D eigenvalue weighted by molar-refractivity contribution is 7.89. The van der Waals surface area contributed by atoms with E-state index in [4.69, 9.17) is 5.84 Å². The zero-order valence-corrected chi connectivity index (χ0v) is 12.8. The zero-order chi connectivity index (χ0) is 14.8. The molecule has 108 valence electrons. The number of nitrogens with one attached hydrogen (secondary N) is 2. The maximum atomic E-state index is 12.5. The molecule has 6 nitrogen and oxygen atoms in total. The van der Waals surface area contributed by atoms with Crippen LogP contribution in [0.3, 0.4) is 0 Å². The van der Waals surface area contributed by atoms with E-state index in [-0.39, 0.29) is 4.90 Å². The molecule has 0 saturated heterocycles. The molecule has 0 unspecified atom stereocenters. The van der Waals surface area contributed by atoms with Gasteiger partial charge >= 0.3 is 0 Å². The first-order chi connectivity index (χ1) is 9.37. The van der Waals surface area contributed by atoms with Gasteiger partial charge in [0.25, 0.3) is 0 Å². The fourth-order valence-electron chi connectivity index (χ4n) is 1.79. The second kappa shape index (κ2) is 5.49. The Hall–Kier alpha value is -1.48. The fourth-order valence-corrected chi connectivity index (χ4v) is 4.12. The molecular weight excluding hydrogens is 296 g/mol. The van der Waals surface area contributed by atoms with Gasteiger partial charge in [0.15, 0.2) is 0 Å². The second-order valence-electron chi connectivity index (χ2n) is 4.71. The summed E-state index contributed by atoms with van der Waals surface area (Å²) in [5.74, 6) is 5.35. The van der Waals surface area contributed by atoms with Crippen molar-refractivity contribution in [1.29, 1.82) is 0 Å². The average Bonchev–Trinajstić information content (AvgIpc) is 2.92. The minimum absolute atomic E-state index is 0.104. The number of thiazole rings is 1. The van der Waals surface area contributed by atoms with Crippen molar-refractivity contribution in [1.82, 2.24) is 9.71 Å². The largest absolute Gasteiger partial charge is 0.323 e. The van der Waals surface area contributed by atoms with Gasteiger partial charge in [0.05, 0.1) is 11.2 Å². The molecule has 2 aromatic rings. The number of para-hydroxylation sites is 1. The third-order valence-corrected chi connectivity index (χ3v) is 5.50. The molecule has 0 radical (unpaired) electrons. The lowest BCUT2D eigenvalue weighted by atomic mass is 10.1. The quantitative estimate of drug-likeness (QED) is 0.576. The Kier molecular flexibility index (Phi) is 4.09. The lowest BCUT2D eigenvalue weighted by molar-refractivity contribution is 0.470. The van der Waals surface area contributed by atoms with Crippen LogP contribution in [-0.2, 0) is 15.6 Å². The van der Waals surface area contributed by atoms with Crippen LogP contribution in [-0.4, -0.2) is 13.4 Å². The van der Waals surface area contributed by atoms with E-state index in [9.17, 15) is 8.42 Å². The lowest BCUT2D eigenvalue weighted by Crippen LogP contribution is -2.41. The van der Waals surface area contributed by atoms with E-state index < -0.39 is 15.6 Å². The van der Waals surface area contributed by atoms with Crippen molar-refractivity contribution in [2.45, 2.75) is 24.3 Å². The predicted octanol–water partition coefficient (Wildman–Crippen LogP) is 1.64. The molecule has 0 fully saturated rings. The highest BCUT2D eigenvalue weighted by Gasteiger charge is 2.31. The van der Waals surface area contributed by atoms with E-state index in [1.165, 1.54) is 17.4 Å². The first-order valence-corrected chi connectivity index (χ1v) is 8.23. The van der Waals surface area contributed by atoms with Crippen LogP contribution in [0.2, 0.25) is 0 Å². The van der Waals surface area contributed by atoms with Crippen LogP contribution in [0.25, 0.3) is 0 Å². The number of rotatable bonds is 5. The molecule has 0 bridgehead atoms. The predicted molar refractivity (Wildman–Crippen MR) is 79.7 cm³/mol. The highest BCUT2D eigenvalue weighted by Crippen LogP contribution is 2.27. The van der Waals surface area contributed by atoms with Gasteiger partial charge in [-0.3, -0.25) is 5.84 Å². The third-order valence-electron chi connectivity index (χ3n) is 2.69. The molecule has 2 rings (SSSR count). The number of benzene rings is 1. The minimum atomic E-state index is -3.71. The molecule has 1 aromatic carbocycles. The van der Waals surface area contributed by atoms with Gasteiger partial charge in [-0.1, -0.05) is 12.1 Å². The topological polar surface area (TPSA) is 97.1 Å². The zero-order valence-electron chi connectivity index (χ0n) is 11.1. The maximum Gasteiger partial charge on any atom is 0.243 e.